The molecule has 11 heavy (non-hydrogen) atoms. The Kier molecular flexibility index (Phi) is 3.52. The van der Waals surface area contributed by atoms with Crippen molar-refractivity contribution in [1.82, 2.24) is 9.78 Å². The minimum Gasteiger partial charge on any atom is -0.273 e. The van der Waals surface area contributed by atoms with Gasteiger partial charge >= 0.3 is 0 Å². The van der Waals surface area contributed by atoms with Crippen LogP contribution in [0.4, 0.5) is 0 Å². The molecule has 1 rings (SSSR count). The quantitative estimate of drug-likeness (QED) is 0.385. The number of aromatic nitrogens is 2. The molecule has 0 bridgehead atoms. The van der Waals surface area contributed by atoms with Crippen LogP contribution < -0.4 is 0 Å². The van der Waals surface area contributed by atoms with Gasteiger partial charge in [-0.3, -0.25) is 4.68 Å². The van der Waals surface area contributed by atoms with Crippen LogP contribution in [0.5, 0.6) is 0 Å². The van der Waals surface area contributed by atoms with Crippen molar-refractivity contribution in [2.45, 2.75) is 13.0 Å². The summed E-state index contributed by atoms with van der Waals surface area (Å²) in [6, 6.07) is 1.91. The van der Waals surface area contributed by atoms with Crippen molar-refractivity contribution in [2.24, 2.45) is 4.99 Å². The van der Waals surface area contributed by atoms with E-state index < -0.39 is 0 Å². The molecule has 0 aliphatic heterocycles. The van der Waals surface area contributed by atoms with Crippen molar-refractivity contribution < 1.29 is 0 Å². The number of aliphatic imine (C=N–C) groups is 1. The average Bonchev–Trinajstić information content (AvgIpc) is 2.50. The van der Waals surface area contributed by atoms with Crippen LogP contribution in [0.2, 0.25) is 0 Å². The molecule has 1 aromatic rings. The van der Waals surface area contributed by atoms with E-state index in [1.807, 2.05) is 16.9 Å². The molecule has 1 aromatic heterocycles. The lowest BCUT2D eigenvalue weighted by atomic mass is 10.4. The zero-order valence-electron chi connectivity index (χ0n) is 6.10. The largest absolute Gasteiger partial charge is 0.273 e. The van der Waals surface area contributed by atoms with Crippen molar-refractivity contribution in [3.63, 3.8) is 0 Å². The molecule has 0 atom stereocenters. The first-order valence-electron chi connectivity index (χ1n) is 3.44. The Bertz CT molecular complexity index is 236. The maximum absolute atomic E-state index is 4.43. The molecule has 3 nitrogen and oxygen atoms in total. The van der Waals surface area contributed by atoms with Gasteiger partial charge in [0, 0.05) is 18.9 Å². The first-order chi connectivity index (χ1) is 5.43. The molecule has 0 amide bonds. The van der Waals surface area contributed by atoms with Crippen molar-refractivity contribution >= 4 is 17.4 Å². The number of hydrogen-bond donors (Lipinski definition) is 0. The molecule has 0 unspecified atom stereocenters. The van der Waals surface area contributed by atoms with Crippen LogP contribution in [0.15, 0.2) is 23.5 Å². The Morgan fingerprint density at radius 3 is 3.18 bits per heavy atom. The van der Waals surface area contributed by atoms with Crippen LogP contribution in [-0.4, -0.2) is 21.5 Å². The molecule has 0 aliphatic rings. The normalized spacial score (nSPS) is 9.09. The molecule has 0 spiro atoms. The Labute approximate surface area is 70.8 Å². The van der Waals surface area contributed by atoms with Gasteiger partial charge in [-0.1, -0.05) is 0 Å². The van der Waals surface area contributed by atoms with Crippen LogP contribution in [0.3, 0.4) is 0 Å². The van der Waals surface area contributed by atoms with Gasteiger partial charge < -0.3 is 0 Å². The highest BCUT2D eigenvalue weighted by molar-refractivity contribution is 7.78. The fraction of sp³-hybridized carbons (Fsp3) is 0.429. The lowest BCUT2D eigenvalue weighted by Crippen LogP contribution is -1.99. The number of rotatable bonds is 4. The monoisotopic (exact) mass is 167 g/mol. The van der Waals surface area contributed by atoms with E-state index in [1.54, 1.807) is 6.20 Å². The molecule has 0 N–H and O–H groups in total. The number of aryl methyl sites for hydroxylation is 1. The second-order valence-electron chi connectivity index (χ2n) is 2.10. The van der Waals surface area contributed by atoms with E-state index in [-0.39, 0.29) is 0 Å². The van der Waals surface area contributed by atoms with Gasteiger partial charge in [-0.05, 0) is 24.7 Å². The van der Waals surface area contributed by atoms with Crippen LogP contribution in [0.25, 0.3) is 0 Å². The van der Waals surface area contributed by atoms with Gasteiger partial charge in [0.15, 0.2) is 0 Å². The Morgan fingerprint density at radius 1 is 1.64 bits per heavy atom. The summed E-state index contributed by atoms with van der Waals surface area (Å²) in [4.78, 5) is 3.79. The predicted molar refractivity (Wildman–Crippen MR) is 46.7 cm³/mol. The smallest absolute Gasteiger partial charge is 0.0584 e. The van der Waals surface area contributed by atoms with Gasteiger partial charge in [-0.15, -0.1) is 0 Å². The van der Waals surface area contributed by atoms with E-state index in [0.29, 0.717) is 0 Å². The molecule has 1 heterocycles. The summed E-state index contributed by atoms with van der Waals surface area (Å²) >= 11 is 4.43. The Morgan fingerprint density at radius 2 is 2.55 bits per heavy atom. The summed E-state index contributed by atoms with van der Waals surface area (Å²) in [6.45, 7) is 1.64. The molecule has 0 radical (unpaired) electrons. The Balaban J connectivity index is 2.18. The molecular formula is C7H9N3S. The van der Waals surface area contributed by atoms with Crippen LogP contribution in [0, 0.1) is 0 Å². The molecule has 4 heteroatoms. The fourth-order valence-corrected chi connectivity index (χ4v) is 0.881. The predicted octanol–water partition coefficient (Wildman–Crippen LogP) is 1.38. The topological polar surface area (TPSA) is 30.2 Å². The highest BCUT2D eigenvalue weighted by Gasteiger charge is 1.87. The maximum atomic E-state index is 4.43. The third-order valence-electron chi connectivity index (χ3n) is 1.28. The Hall–Kier alpha value is -0.990. The minimum absolute atomic E-state index is 0.739. The van der Waals surface area contributed by atoms with Crippen LogP contribution >= 0.6 is 12.2 Å². The SMILES string of the molecule is S=C=NCCCn1cccn1. The van der Waals surface area contributed by atoms with Crippen molar-refractivity contribution in [2.75, 3.05) is 6.54 Å². The van der Waals surface area contributed by atoms with Crippen LogP contribution in [-0.2, 0) is 6.54 Å². The summed E-state index contributed by atoms with van der Waals surface area (Å²) in [5, 5.41) is 6.37. The number of thiocarbonyl (C=S) groups is 1. The second-order valence-corrected chi connectivity index (χ2v) is 2.28. The summed E-state index contributed by atoms with van der Waals surface area (Å²) in [7, 11) is 0. The van der Waals surface area contributed by atoms with E-state index in [9.17, 15) is 0 Å². The standard InChI is InChI=1S/C7H9N3S/c11-7-8-3-1-5-10-6-2-4-9-10/h2,4,6H,1,3,5H2. The fourth-order valence-electron chi connectivity index (χ4n) is 0.790. The highest BCUT2D eigenvalue weighted by atomic mass is 32.1. The van der Waals surface area contributed by atoms with Gasteiger partial charge in [0.1, 0.15) is 0 Å². The van der Waals surface area contributed by atoms with E-state index in [1.165, 1.54) is 0 Å². The summed E-state index contributed by atoms with van der Waals surface area (Å²) < 4.78 is 1.87. The van der Waals surface area contributed by atoms with Gasteiger partial charge in [0.2, 0.25) is 0 Å². The molecule has 58 valence electrons. The van der Waals surface area contributed by atoms with Crippen molar-refractivity contribution in [1.29, 1.82) is 0 Å². The average molecular weight is 167 g/mol. The molecule has 0 saturated carbocycles. The zero-order chi connectivity index (χ0) is 7.94. The first kappa shape index (κ1) is 8.11. The van der Waals surface area contributed by atoms with Crippen molar-refractivity contribution in [3.05, 3.63) is 18.5 Å². The lowest BCUT2D eigenvalue weighted by molar-refractivity contribution is 0.586. The number of hydrogen-bond acceptors (Lipinski definition) is 3. The van der Waals surface area contributed by atoms with E-state index in [2.05, 4.69) is 27.5 Å². The third-order valence-corrected chi connectivity index (χ3v) is 1.41. The first-order valence-corrected chi connectivity index (χ1v) is 3.85. The summed E-state index contributed by atoms with van der Waals surface area (Å²) in [5.41, 5.74) is 0. The van der Waals surface area contributed by atoms with Gasteiger partial charge in [0.25, 0.3) is 0 Å². The van der Waals surface area contributed by atoms with E-state index in [4.69, 9.17) is 0 Å². The van der Waals surface area contributed by atoms with Crippen molar-refractivity contribution in [3.8, 4) is 0 Å². The summed E-state index contributed by atoms with van der Waals surface area (Å²) in [5.74, 6) is 0. The third kappa shape index (κ3) is 3.07. The van der Waals surface area contributed by atoms with Gasteiger partial charge in [-0.2, -0.15) is 5.10 Å². The maximum Gasteiger partial charge on any atom is 0.0584 e. The van der Waals surface area contributed by atoms with Gasteiger partial charge in [-0.25, -0.2) is 4.99 Å². The molecular weight excluding hydrogens is 158 g/mol. The van der Waals surface area contributed by atoms with E-state index in [0.717, 1.165) is 19.5 Å². The lowest BCUT2D eigenvalue weighted by Gasteiger charge is -1.96. The molecule has 0 fully saturated rings. The minimum atomic E-state index is 0.739. The molecule has 0 saturated heterocycles. The number of isothiocyanates is 1. The summed E-state index contributed by atoms with van der Waals surface area (Å²) in [6.07, 6.45) is 4.66. The van der Waals surface area contributed by atoms with E-state index >= 15 is 0 Å². The molecule has 0 aliphatic carbocycles. The number of nitrogens with zero attached hydrogens (tertiary/aromatic N) is 3. The van der Waals surface area contributed by atoms with Gasteiger partial charge in [0.05, 0.1) is 11.7 Å². The van der Waals surface area contributed by atoms with Crippen LogP contribution in [0.1, 0.15) is 6.42 Å². The molecule has 0 aromatic carbocycles. The highest BCUT2D eigenvalue weighted by Crippen LogP contribution is 1.88. The second kappa shape index (κ2) is 4.77. The zero-order valence-corrected chi connectivity index (χ0v) is 6.92.